The van der Waals surface area contributed by atoms with Crippen LogP contribution in [0.1, 0.15) is 0 Å². The molecule has 8 heavy (non-hydrogen) atoms. The number of aliphatic hydroxyl groups excluding tert-OH is 1. The zero-order valence-corrected chi connectivity index (χ0v) is 4.33. The lowest BCUT2D eigenvalue weighted by Gasteiger charge is -1.76. The first-order valence-corrected chi connectivity index (χ1v) is 2.38. The molecule has 0 unspecified atom stereocenters. The molecule has 1 heteroatoms. The summed E-state index contributed by atoms with van der Waals surface area (Å²) in [6, 6.07) is 0. The second-order valence-electron chi connectivity index (χ2n) is 1.44. The van der Waals surface area contributed by atoms with E-state index in [2.05, 4.69) is 5.73 Å². The van der Waals surface area contributed by atoms with E-state index in [0.717, 1.165) is 0 Å². The van der Waals surface area contributed by atoms with Gasteiger partial charge in [-0.2, -0.15) is 0 Å². The molecule has 0 aromatic rings. The molecule has 0 aromatic carbocycles. The van der Waals surface area contributed by atoms with Crippen molar-refractivity contribution < 1.29 is 5.11 Å². The Morgan fingerprint density at radius 3 is 3.00 bits per heavy atom. The summed E-state index contributed by atoms with van der Waals surface area (Å²) in [5, 5.41) is 8.74. The molecule has 0 fully saturated rings. The third kappa shape index (κ3) is 1.14. The highest BCUT2D eigenvalue weighted by molar-refractivity contribution is 5.23. The highest BCUT2D eigenvalue weighted by atomic mass is 16.3. The number of allylic oxidation sites excluding steroid dienone is 4. The first-order valence-electron chi connectivity index (χ1n) is 2.38. The predicted octanol–water partition coefficient (Wildman–Crippen LogP) is 1.71. The molecule has 1 N–H and O–H groups in total. The predicted molar refractivity (Wildman–Crippen MR) is 32.5 cm³/mol. The Kier molecular flexibility index (Phi) is 1.36. The maximum absolute atomic E-state index is 8.74. The first-order chi connectivity index (χ1) is 3.89. The average molecular weight is 106 g/mol. The highest BCUT2D eigenvalue weighted by Crippen LogP contribution is 1.92. The van der Waals surface area contributed by atoms with Gasteiger partial charge in [0.05, 0.1) is 0 Å². The van der Waals surface area contributed by atoms with E-state index in [1.54, 1.807) is 24.3 Å². The molecular weight excluding hydrogens is 100 g/mol. The van der Waals surface area contributed by atoms with Gasteiger partial charge in [-0.25, -0.2) is 0 Å². The van der Waals surface area contributed by atoms with Crippen molar-refractivity contribution in [3.05, 3.63) is 41.9 Å². The van der Waals surface area contributed by atoms with Gasteiger partial charge < -0.3 is 5.11 Å². The maximum atomic E-state index is 8.74. The summed E-state index contributed by atoms with van der Waals surface area (Å²) in [7, 11) is 0. The first kappa shape index (κ1) is 4.95. The van der Waals surface area contributed by atoms with E-state index < -0.39 is 0 Å². The van der Waals surface area contributed by atoms with Gasteiger partial charge in [0.2, 0.25) is 0 Å². The van der Waals surface area contributed by atoms with Crippen molar-refractivity contribution in [2.24, 2.45) is 0 Å². The van der Waals surface area contributed by atoms with Gasteiger partial charge in [0.1, 0.15) is 0 Å². The van der Waals surface area contributed by atoms with Crippen LogP contribution in [0.25, 0.3) is 0 Å². The normalized spacial score (nSPS) is 15.8. The van der Waals surface area contributed by atoms with E-state index in [4.69, 9.17) is 5.11 Å². The molecule has 0 aromatic heterocycles. The molecular formula is C7H6O. The van der Waals surface area contributed by atoms with Crippen molar-refractivity contribution in [1.82, 2.24) is 0 Å². The topological polar surface area (TPSA) is 20.2 Å². The molecule has 0 heterocycles. The quantitative estimate of drug-likeness (QED) is 0.466. The molecule has 0 spiro atoms. The molecule has 0 atom stereocenters. The minimum absolute atomic E-state index is 0.176. The number of aliphatic hydroxyl groups is 1. The molecule has 0 aliphatic heterocycles. The van der Waals surface area contributed by atoms with Crippen molar-refractivity contribution in [2.75, 3.05) is 0 Å². The van der Waals surface area contributed by atoms with Crippen LogP contribution in [-0.2, 0) is 0 Å². The van der Waals surface area contributed by atoms with Crippen LogP contribution in [0.4, 0.5) is 0 Å². The minimum atomic E-state index is 0.176. The SMILES string of the molecule is OC1=C=CC=CC=C1. The van der Waals surface area contributed by atoms with Crippen LogP contribution >= 0.6 is 0 Å². The summed E-state index contributed by atoms with van der Waals surface area (Å²) in [6.45, 7) is 0. The lowest BCUT2D eigenvalue weighted by Crippen LogP contribution is -1.64. The van der Waals surface area contributed by atoms with Crippen LogP contribution in [0.3, 0.4) is 0 Å². The summed E-state index contributed by atoms with van der Waals surface area (Å²) in [4.78, 5) is 0. The van der Waals surface area contributed by atoms with Gasteiger partial charge in [-0.3, -0.25) is 0 Å². The van der Waals surface area contributed by atoms with Crippen LogP contribution in [-0.4, -0.2) is 5.11 Å². The molecule has 0 amide bonds. The number of hydrogen-bond acceptors (Lipinski definition) is 1. The van der Waals surface area contributed by atoms with Crippen LogP contribution in [0.5, 0.6) is 0 Å². The maximum Gasteiger partial charge on any atom is 0.159 e. The van der Waals surface area contributed by atoms with Gasteiger partial charge in [-0.1, -0.05) is 24.0 Å². The molecule has 0 bridgehead atoms. The lowest BCUT2D eigenvalue weighted by atomic mass is 10.4. The molecule has 1 rings (SSSR count). The molecule has 1 aliphatic rings. The zero-order valence-electron chi connectivity index (χ0n) is 4.33. The van der Waals surface area contributed by atoms with Gasteiger partial charge in [0.25, 0.3) is 0 Å². The summed E-state index contributed by atoms with van der Waals surface area (Å²) >= 11 is 0. The fourth-order valence-corrected chi connectivity index (χ4v) is 0.448. The van der Waals surface area contributed by atoms with Crippen molar-refractivity contribution >= 4 is 0 Å². The van der Waals surface area contributed by atoms with Crippen LogP contribution in [0.2, 0.25) is 0 Å². The van der Waals surface area contributed by atoms with Gasteiger partial charge in [0, 0.05) is 0 Å². The van der Waals surface area contributed by atoms with Crippen molar-refractivity contribution in [2.45, 2.75) is 0 Å². The van der Waals surface area contributed by atoms with Gasteiger partial charge in [-0.05, 0) is 12.2 Å². The van der Waals surface area contributed by atoms with Gasteiger partial charge in [-0.15, -0.1) is 0 Å². The van der Waals surface area contributed by atoms with Crippen LogP contribution < -0.4 is 0 Å². The fourth-order valence-electron chi connectivity index (χ4n) is 0.448. The monoisotopic (exact) mass is 106 g/mol. The molecule has 40 valence electrons. The second-order valence-corrected chi connectivity index (χ2v) is 1.44. The Balaban J connectivity index is 2.95. The second kappa shape index (κ2) is 2.20. The van der Waals surface area contributed by atoms with Crippen LogP contribution in [0, 0.1) is 0 Å². The number of rotatable bonds is 0. The van der Waals surface area contributed by atoms with Gasteiger partial charge in [0.15, 0.2) is 5.76 Å². The summed E-state index contributed by atoms with van der Waals surface area (Å²) in [6.07, 6.45) is 8.64. The van der Waals surface area contributed by atoms with E-state index in [-0.39, 0.29) is 5.76 Å². The molecule has 1 aliphatic carbocycles. The average Bonchev–Trinajstić information content (AvgIpc) is 1.94. The Morgan fingerprint density at radius 1 is 1.25 bits per heavy atom. The third-order valence-electron chi connectivity index (χ3n) is 0.804. The molecule has 0 radical (unpaired) electrons. The van der Waals surface area contributed by atoms with E-state index in [0.29, 0.717) is 0 Å². The van der Waals surface area contributed by atoms with E-state index in [1.807, 2.05) is 6.08 Å². The van der Waals surface area contributed by atoms with Crippen molar-refractivity contribution in [1.29, 1.82) is 0 Å². The minimum Gasteiger partial charge on any atom is -0.501 e. The Hall–Kier alpha value is -1.20. The Morgan fingerprint density at radius 2 is 2.12 bits per heavy atom. The van der Waals surface area contributed by atoms with E-state index in [1.165, 1.54) is 0 Å². The summed E-state index contributed by atoms with van der Waals surface area (Å²) in [5.41, 5.74) is 2.62. The number of hydrogen-bond donors (Lipinski definition) is 1. The molecule has 0 saturated carbocycles. The molecule has 1 nitrogen and oxygen atoms in total. The summed E-state index contributed by atoms with van der Waals surface area (Å²) < 4.78 is 0. The smallest absolute Gasteiger partial charge is 0.159 e. The summed E-state index contributed by atoms with van der Waals surface area (Å²) in [5.74, 6) is 0.176. The van der Waals surface area contributed by atoms with Gasteiger partial charge >= 0.3 is 0 Å². The standard InChI is InChI=1S/C7H6O/c8-7-5-3-1-2-4-6-7/h1-5,8H. The fraction of sp³-hybridized carbons (Fsp3) is 0. The van der Waals surface area contributed by atoms with Crippen molar-refractivity contribution in [3.8, 4) is 0 Å². The van der Waals surface area contributed by atoms with Crippen LogP contribution in [0.15, 0.2) is 41.9 Å². The zero-order chi connectivity index (χ0) is 5.82. The largest absolute Gasteiger partial charge is 0.501 e. The van der Waals surface area contributed by atoms with E-state index in [9.17, 15) is 0 Å². The van der Waals surface area contributed by atoms with E-state index >= 15 is 0 Å². The Bertz CT molecular complexity index is 190. The van der Waals surface area contributed by atoms with Crippen molar-refractivity contribution in [3.63, 3.8) is 0 Å². The third-order valence-corrected chi connectivity index (χ3v) is 0.804. The molecule has 0 saturated heterocycles. The Labute approximate surface area is 48.0 Å². The highest BCUT2D eigenvalue weighted by Gasteiger charge is 1.78. The lowest BCUT2D eigenvalue weighted by molar-refractivity contribution is 0.434.